The largest absolute Gasteiger partial charge is 0.394 e. The second kappa shape index (κ2) is 7.52. The molecule has 0 bridgehead atoms. The van der Waals surface area contributed by atoms with Crippen LogP contribution in [0.5, 0.6) is 0 Å². The van der Waals surface area contributed by atoms with E-state index in [4.69, 9.17) is 10.5 Å². The lowest BCUT2D eigenvalue weighted by Gasteiger charge is -2.36. The molecular formula is C15H23BrN2O2. The molecule has 0 aliphatic carbocycles. The number of morpholine rings is 1. The first-order valence-corrected chi connectivity index (χ1v) is 7.88. The Bertz CT molecular complexity index is 430. The SMILES string of the molecule is CC1CN(CCC(N)c2ccccc2Br)CC(CO)O1. The molecule has 5 heteroatoms. The van der Waals surface area contributed by atoms with Gasteiger partial charge in [-0.3, -0.25) is 4.90 Å². The lowest BCUT2D eigenvalue weighted by molar-refractivity contribution is -0.0954. The van der Waals surface area contributed by atoms with Crippen molar-refractivity contribution in [3.63, 3.8) is 0 Å². The molecular weight excluding hydrogens is 320 g/mol. The van der Waals surface area contributed by atoms with Crippen LogP contribution in [-0.2, 0) is 4.74 Å². The van der Waals surface area contributed by atoms with Gasteiger partial charge < -0.3 is 15.6 Å². The van der Waals surface area contributed by atoms with Gasteiger partial charge in [0.1, 0.15) is 0 Å². The summed E-state index contributed by atoms with van der Waals surface area (Å²) in [6.07, 6.45) is 0.993. The third-order valence-electron chi connectivity index (χ3n) is 3.67. The first-order valence-electron chi connectivity index (χ1n) is 7.08. The minimum Gasteiger partial charge on any atom is -0.394 e. The molecule has 1 saturated heterocycles. The van der Waals surface area contributed by atoms with Crippen molar-refractivity contribution in [3.8, 4) is 0 Å². The van der Waals surface area contributed by atoms with Gasteiger partial charge in [0.2, 0.25) is 0 Å². The summed E-state index contributed by atoms with van der Waals surface area (Å²) in [4.78, 5) is 2.33. The number of aliphatic hydroxyl groups excluding tert-OH is 1. The average Bonchev–Trinajstić information content (AvgIpc) is 2.44. The molecule has 1 aromatic carbocycles. The molecule has 112 valence electrons. The number of hydrogen-bond donors (Lipinski definition) is 2. The third-order valence-corrected chi connectivity index (χ3v) is 4.39. The van der Waals surface area contributed by atoms with Crippen LogP contribution in [0.4, 0.5) is 0 Å². The first kappa shape index (κ1) is 15.9. The van der Waals surface area contributed by atoms with Gasteiger partial charge >= 0.3 is 0 Å². The molecule has 3 unspecified atom stereocenters. The Hall–Kier alpha value is -0.460. The number of rotatable bonds is 5. The smallest absolute Gasteiger partial charge is 0.0936 e. The van der Waals surface area contributed by atoms with E-state index in [1.54, 1.807) is 0 Å². The summed E-state index contributed by atoms with van der Waals surface area (Å²) in [5.41, 5.74) is 7.42. The van der Waals surface area contributed by atoms with E-state index in [2.05, 4.69) is 26.9 Å². The van der Waals surface area contributed by atoms with Crippen molar-refractivity contribution in [2.24, 2.45) is 5.73 Å². The fraction of sp³-hybridized carbons (Fsp3) is 0.600. The number of halogens is 1. The molecule has 1 aliphatic rings. The maximum atomic E-state index is 9.24. The van der Waals surface area contributed by atoms with Gasteiger partial charge in [0, 0.05) is 30.1 Å². The number of aliphatic hydroxyl groups is 1. The van der Waals surface area contributed by atoms with Crippen molar-refractivity contribution >= 4 is 15.9 Å². The molecule has 0 radical (unpaired) electrons. The van der Waals surface area contributed by atoms with Gasteiger partial charge in [-0.2, -0.15) is 0 Å². The Morgan fingerprint density at radius 3 is 2.90 bits per heavy atom. The van der Waals surface area contributed by atoms with E-state index < -0.39 is 0 Å². The fourth-order valence-electron chi connectivity index (χ4n) is 2.68. The second-order valence-electron chi connectivity index (χ2n) is 5.43. The lowest BCUT2D eigenvalue weighted by Crippen LogP contribution is -2.48. The predicted octanol–water partition coefficient (Wildman–Crippen LogP) is 1.92. The topological polar surface area (TPSA) is 58.7 Å². The zero-order chi connectivity index (χ0) is 14.5. The normalized spacial score (nSPS) is 25.6. The van der Waals surface area contributed by atoms with E-state index in [-0.39, 0.29) is 24.9 Å². The Morgan fingerprint density at radius 2 is 2.20 bits per heavy atom. The van der Waals surface area contributed by atoms with Crippen molar-refractivity contribution < 1.29 is 9.84 Å². The van der Waals surface area contributed by atoms with E-state index in [9.17, 15) is 5.11 Å². The van der Waals surface area contributed by atoms with Crippen LogP contribution in [-0.4, -0.2) is 48.5 Å². The van der Waals surface area contributed by atoms with Gasteiger partial charge in [0.05, 0.1) is 18.8 Å². The minimum absolute atomic E-state index is 0.0244. The van der Waals surface area contributed by atoms with Crippen LogP contribution in [0.2, 0.25) is 0 Å². The number of ether oxygens (including phenoxy) is 1. The first-order chi connectivity index (χ1) is 9.60. The molecule has 3 N–H and O–H groups in total. The molecule has 3 atom stereocenters. The summed E-state index contributed by atoms with van der Waals surface area (Å²) in [6, 6.07) is 8.12. The van der Waals surface area contributed by atoms with Crippen LogP contribution in [0, 0.1) is 0 Å². The second-order valence-corrected chi connectivity index (χ2v) is 6.28. The standard InChI is InChI=1S/C15H23BrN2O2/c1-11-8-18(9-12(10-19)20-11)7-6-15(17)13-4-2-3-5-14(13)16/h2-5,11-12,15,19H,6-10,17H2,1H3. The number of nitrogens with two attached hydrogens (primary N) is 1. The average molecular weight is 343 g/mol. The third kappa shape index (κ3) is 4.27. The molecule has 0 aromatic heterocycles. The van der Waals surface area contributed by atoms with Gasteiger partial charge in [0.25, 0.3) is 0 Å². The van der Waals surface area contributed by atoms with Gasteiger partial charge in [-0.05, 0) is 25.0 Å². The quantitative estimate of drug-likeness (QED) is 0.858. The Kier molecular flexibility index (Phi) is 5.99. The predicted molar refractivity (Wildman–Crippen MR) is 83.5 cm³/mol. The monoisotopic (exact) mass is 342 g/mol. The number of benzene rings is 1. The van der Waals surface area contributed by atoms with Crippen molar-refractivity contribution in [2.75, 3.05) is 26.2 Å². The molecule has 4 nitrogen and oxygen atoms in total. The highest BCUT2D eigenvalue weighted by Gasteiger charge is 2.24. The van der Waals surface area contributed by atoms with Crippen molar-refractivity contribution in [3.05, 3.63) is 34.3 Å². The molecule has 0 saturated carbocycles. The molecule has 1 heterocycles. The summed E-state index contributed by atoms with van der Waals surface area (Å²) in [7, 11) is 0. The summed E-state index contributed by atoms with van der Waals surface area (Å²) in [5, 5.41) is 9.24. The van der Waals surface area contributed by atoms with Gasteiger partial charge in [-0.25, -0.2) is 0 Å². The van der Waals surface area contributed by atoms with Gasteiger partial charge in [-0.1, -0.05) is 34.1 Å². The molecule has 2 rings (SSSR count). The highest BCUT2D eigenvalue weighted by Crippen LogP contribution is 2.24. The maximum Gasteiger partial charge on any atom is 0.0936 e. The van der Waals surface area contributed by atoms with Crippen LogP contribution >= 0.6 is 15.9 Å². The van der Waals surface area contributed by atoms with Crippen molar-refractivity contribution in [1.29, 1.82) is 0 Å². The van der Waals surface area contributed by atoms with Crippen LogP contribution in [0.15, 0.2) is 28.7 Å². The van der Waals surface area contributed by atoms with Crippen molar-refractivity contribution in [2.45, 2.75) is 31.6 Å². The Balaban J connectivity index is 1.87. The summed E-state index contributed by atoms with van der Waals surface area (Å²) in [6.45, 7) is 4.73. The zero-order valence-electron chi connectivity index (χ0n) is 11.8. The van der Waals surface area contributed by atoms with Crippen LogP contribution in [0.1, 0.15) is 24.9 Å². The van der Waals surface area contributed by atoms with Crippen LogP contribution < -0.4 is 5.73 Å². The van der Waals surface area contributed by atoms with E-state index in [0.717, 1.165) is 36.1 Å². The van der Waals surface area contributed by atoms with Gasteiger partial charge in [0.15, 0.2) is 0 Å². The molecule has 1 aromatic rings. The number of nitrogens with zero attached hydrogens (tertiary/aromatic N) is 1. The molecule has 0 amide bonds. The van der Waals surface area contributed by atoms with Crippen molar-refractivity contribution in [1.82, 2.24) is 4.90 Å². The Labute approximate surface area is 129 Å². The van der Waals surface area contributed by atoms with E-state index in [1.807, 2.05) is 25.1 Å². The highest BCUT2D eigenvalue weighted by atomic mass is 79.9. The molecule has 1 fully saturated rings. The lowest BCUT2D eigenvalue weighted by atomic mass is 10.0. The Morgan fingerprint density at radius 1 is 1.45 bits per heavy atom. The van der Waals surface area contributed by atoms with E-state index >= 15 is 0 Å². The molecule has 0 spiro atoms. The van der Waals surface area contributed by atoms with E-state index in [0.29, 0.717) is 0 Å². The van der Waals surface area contributed by atoms with Gasteiger partial charge in [-0.15, -0.1) is 0 Å². The minimum atomic E-state index is -0.0709. The van der Waals surface area contributed by atoms with Crippen LogP contribution in [0.3, 0.4) is 0 Å². The fourth-order valence-corrected chi connectivity index (χ4v) is 3.26. The zero-order valence-corrected chi connectivity index (χ0v) is 13.4. The maximum absolute atomic E-state index is 9.24. The highest BCUT2D eigenvalue weighted by molar-refractivity contribution is 9.10. The van der Waals surface area contributed by atoms with E-state index in [1.165, 1.54) is 0 Å². The van der Waals surface area contributed by atoms with Crippen LogP contribution in [0.25, 0.3) is 0 Å². The summed E-state index contributed by atoms with van der Waals surface area (Å²) in [5.74, 6) is 0. The summed E-state index contributed by atoms with van der Waals surface area (Å²) < 4.78 is 6.71. The summed E-state index contributed by atoms with van der Waals surface area (Å²) >= 11 is 3.55. The molecule has 1 aliphatic heterocycles. The molecule has 20 heavy (non-hydrogen) atoms. The number of hydrogen-bond acceptors (Lipinski definition) is 4.